The summed E-state index contributed by atoms with van der Waals surface area (Å²) in [6.45, 7) is 7.10. The molecule has 10 nitrogen and oxygen atoms in total. The molecule has 0 aliphatic heterocycles. The zero-order chi connectivity index (χ0) is 30.9. The van der Waals surface area contributed by atoms with E-state index in [2.05, 4.69) is 44.6 Å². The van der Waals surface area contributed by atoms with Gasteiger partial charge in [-0.15, -0.1) is 0 Å². The number of ether oxygens (including phenoxy) is 1. The molecule has 12 heteroatoms. The number of carbonyl (C=O) groups excluding carboxylic acids is 2. The Balaban J connectivity index is 1.31. The van der Waals surface area contributed by atoms with Crippen LogP contribution in [0.5, 0.6) is 0 Å². The summed E-state index contributed by atoms with van der Waals surface area (Å²) in [5, 5.41) is 14.6. The van der Waals surface area contributed by atoms with Crippen LogP contribution in [0.3, 0.4) is 0 Å². The van der Waals surface area contributed by atoms with Gasteiger partial charge in [-0.05, 0) is 101 Å². The lowest BCUT2D eigenvalue weighted by Crippen LogP contribution is -2.50. The van der Waals surface area contributed by atoms with Gasteiger partial charge in [0.1, 0.15) is 24.3 Å². The molecular weight excluding hydrogens is 569 g/mol. The van der Waals surface area contributed by atoms with E-state index < -0.39 is 22.0 Å². The quantitative estimate of drug-likeness (QED) is 0.200. The van der Waals surface area contributed by atoms with Crippen LogP contribution in [-0.2, 0) is 22.8 Å². The Morgan fingerprint density at radius 2 is 1.79 bits per heavy atom. The number of pyridine rings is 1. The number of hydrogen-bond acceptors (Lipinski definition) is 6. The number of hydrogen-bond donors (Lipinski definition) is 2. The lowest BCUT2D eigenvalue weighted by Gasteiger charge is -2.27. The smallest absolute Gasteiger partial charge is 0.270 e. The van der Waals surface area contributed by atoms with Crippen molar-refractivity contribution in [2.24, 2.45) is 17.8 Å². The van der Waals surface area contributed by atoms with E-state index in [4.69, 9.17) is 4.74 Å². The van der Waals surface area contributed by atoms with Crippen LogP contribution in [0, 0.1) is 37.5 Å². The van der Waals surface area contributed by atoms with Gasteiger partial charge >= 0.3 is 0 Å². The molecule has 43 heavy (non-hydrogen) atoms. The van der Waals surface area contributed by atoms with Crippen LogP contribution in [0.15, 0.2) is 24.4 Å². The molecule has 3 aromatic heterocycles. The number of nitrogens with zero attached hydrogens (tertiary/aromatic N) is 5. The third-order valence-electron chi connectivity index (χ3n) is 8.34. The molecule has 2 aliphatic rings. The first kappa shape index (κ1) is 31.2. The number of amides is 2. The van der Waals surface area contributed by atoms with Crippen LogP contribution in [-0.4, -0.2) is 73.5 Å². The van der Waals surface area contributed by atoms with Crippen LogP contribution in [0.25, 0.3) is 11.1 Å². The number of nitrogens with one attached hydrogen (secondary N) is 2. The van der Waals surface area contributed by atoms with Crippen molar-refractivity contribution in [1.29, 1.82) is 0 Å². The molecule has 3 aromatic rings. The Hall–Kier alpha value is -3.25. The van der Waals surface area contributed by atoms with Gasteiger partial charge in [0.05, 0.1) is 12.3 Å². The zero-order valence-corrected chi connectivity index (χ0v) is 26.8. The maximum absolute atomic E-state index is 15.5. The van der Waals surface area contributed by atoms with Gasteiger partial charge in [0, 0.05) is 35.3 Å². The lowest BCUT2D eigenvalue weighted by molar-refractivity contribution is -0.119. The average Bonchev–Trinajstić information content (AvgIpc) is 3.88. The van der Waals surface area contributed by atoms with E-state index in [9.17, 15) is 9.59 Å². The molecule has 2 saturated carbocycles. The highest BCUT2D eigenvalue weighted by molar-refractivity contribution is 8.32. The normalized spacial score (nSPS) is 16.4. The highest BCUT2D eigenvalue weighted by Crippen LogP contribution is 2.51. The number of halogens is 1. The number of anilines is 1. The number of rotatable bonds is 14. The van der Waals surface area contributed by atoms with Gasteiger partial charge in [-0.2, -0.15) is 14.6 Å². The molecule has 2 aliphatic carbocycles. The van der Waals surface area contributed by atoms with Crippen molar-refractivity contribution < 1.29 is 18.7 Å². The molecule has 3 heterocycles. The molecule has 1 unspecified atom stereocenters. The van der Waals surface area contributed by atoms with E-state index in [0.29, 0.717) is 54.2 Å². The Kier molecular flexibility index (Phi) is 9.26. The molecule has 1 atom stereocenters. The molecule has 0 spiro atoms. The minimum absolute atomic E-state index is 0.0363. The average molecular weight is 614 g/mol. The van der Waals surface area contributed by atoms with Gasteiger partial charge in [0.25, 0.3) is 5.91 Å². The second-order valence-corrected chi connectivity index (χ2v) is 17.2. The largest absolute Gasteiger partial charge is 0.358 e. The fraction of sp³-hybridized carbons (Fsp3) is 0.581. The van der Waals surface area contributed by atoms with Crippen molar-refractivity contribution in [3.63, 3.8) is 0 Å². The molecular formula is C31H44FN7O3S. The maximum atomic E-state index is 15.5. The molecule has 0 bridgehead atoms. The zero-order valence-electron chi connectivity index (χ0n) is 26.0. The first-order valence-electron chi connectivity index (χ1n) is 15.0. The van der Waals surface area contributed by atoms with Crippen molar-refractivity contribution in [1.82, 2.24) is 29.9 Å². The summed E-state index contributed by atoms with van der Waals surface area (Å²) in [4.78, 5) is 31.1. The standard InChI is InChI=1S/C31H44FN7O3S/c1-7-38-24(14-15-33-38)30(40)36-28(27(21-8-9-21)22-10-11-22)31(41)35-25-13-12-23(29(32)34-25)26-19(2)37-39(20(26)3)18-42-16-17-43(4,5)6/h12-15,21-22,27-28H,7-11,16-18H2,1-6H3,(H,36,40)(H,34,35,41). The van der Waals surface area contributed by atoms with E-state index in [1.165, 1.54) is 0 Å². The fourth-order valence-electron chi connectivity index (χ4n) is 5.79. The predicted molar refractivity (Wildman–Crippen MR) is 168 cm³/mol. The van der Waals surface area contributed by atoms with Gasteiger partial charge in [0.15, 0.2) is 0 Å². The van der Waals surface area contributed by atoms with Crippen molar-refractivity contribution in [3.8, 4) is 11.1 Å². The summed E-state index contributed by atoms with van der Waals surface area (Å²) in [6, 6.07) is 4.12. The summed E-state index contributed by atoms with van der Waals surface area (Å²) in [5.74, 6) is 0.510. The van der Waals surface area contributed by atoms with Crippen LogP contribution < -0.4 is 10.6 Å². The monoisotopic (exact) mass is 613 g/mol. The van der Waals surface area contributed by atoms with Crippen molar-refractivity contribution in [3.05, 3.63) is 47.4 Å². The molecule has 2 amide bonds. The molecule has 2 N–H and O–H groups in total. The van der Waals surface area contributed by atoms with Gasteiger partial charge < -0.3 is 15.4 Å². The van der Waals surface area contributed by atoms with Crippen LogP contribution in [0.2, 0.25) is 0 Å². The molecule has 234 valence electrons. The second-order valence-electron chi connectivity index (χ2n) is 12.6. The van der Waals surface area contributed by atoms with Crippen LogP contribution in [0.4, 0.5) is 10.2 Å². The maximum Gasteiger partial charge on any atom is 0.270 e. The second kappa shape index (κ2) is 12.8. The van der Waals surface area contributed by atoms with Crippen LogP contribution in [0.1, 0.15) is 54.5 Å². The number of carbonyl (C=O) groups is 2. The number of aryl methyl sites for hydroxylation is 2. The van der Waals surface area contributed by atoms with E-state index in [1.807, 2.05) is 20.8 Å². The molecule has 0 aromatic carbocycles. The van der Waals surface area contributed by atoms with Crippen molar-refractivity contribution >= 4 is 27.7 Å². The Labute approximate surface area is 254 Å². The summed E-state index contributed by atoms with van der Waals surface area (Å²) >= 11 is 0. The Morgan fingerprint density at radius 3 is 2.40 bits per heavy atom. The van der Waals surface area contributed by atoms with E-state index in [1.54, 1.807) is 33.8 Å². The minimum Gasteiger partial charge on any atom is -0.358 e. The predicted octanol–water partition coefficient (Wildman–Crippen LogP) is 4.76. The Bertz CT molecular complexity index is 1460. The van der Waals surface area contributed by atoms with Crippen molar-refractivity contribution in [2.75, 3.05) is 36.4 Å². The van der Waals surface area contributed by atoms with Gasteiger partial charge in [0.2, 0.25) is 11.9 Å². The molecule has 5 rings (SSSR count). The van der Waals surface area contributed by atoms with E-state index in [0.717, 1.165) is 37.1 Å². The molecule has 0 saturated heterocycles. The first-order chi connectivity index (χ1) is 20.5. The summed E-state index contributed by atoms with van der Waals surface area (Å²) < 4.78 is 24.7. The summed E-state index contributed by atoms with van der Waals surface area (Å²) in [5.41, 5.74) is 2.83. The number of aromatic nitrogens is 5. The van der Waals surface area contributed by atoms with E-state index >= 15 is 4.39 Å². The topological polar surface area (TPSA) is 116 Å². The summed E-state index contributed by atoms with van der Waals surface area (Å²) in [7, 11) is -0.652. The molecule has 2 fully saturated rings. The first-order valence-corrected chi connectivity index (χ1v) is 18.1. The van der Waals surface area contributed by atoms with E-state index in [-0.39, 0.29) is 23.6 Å². The highest BCUT2D eigenvalue weighted by Gasteiger charge is 2.48. The molecule has 0 radical (unpaired) electrons. The van der Waals surface area contributed by atoms with Crippen molar-refractivity contribution in [2.45, 2.75) is 65.8 Å². The van der Waals surface area contributed by atoms with Gasteiger partial charge in [-0.25, -0.2) is 19.7 Å². The van der Waals surface area contributed by atoms with Gasteiger partial charge in [-0.3, -0.25) is 14.3 Å². The third kappa shape index (κ3) is 7.46. The highest BCUT2D eigenvalue weighted by atomic mass is 32.3. The SMILES string of the molecule is CCn1nccc1C(=O)NC(C(=O)Nc1ccc(-c2c(C)nn(COCCS(C)(C)C)c2C)c(F)n1)C(C1CC1)C1CC1. The fourth-order valence-corrected chi connectivity index (χ4v) is 6.41. The van der Waals surface area contributed by atoms with Crippen LogP contribution >= 0.6 is 10.0 Å². The summed E-state index contributed by atoms with van der Waals surface area (Å²) in [6.07, 6.45) is 12.5. The van der Waals surface area contributed by atoms with Gasteiger partial charge in [-0.1, -0.05) is 0 Å². The third-order valence-corrected chi connectivity index (χ3v) is 9.73. The lowest BCUT2D eigenvalue weighted by atomic mass is 9.88. The Morgan fingerprint density at radius 1 is 1.09 bits per heavy atom. The minimum atomic E-state index is -0.750.